The minimum atomic E-state index is -3.55. The van der Waals surface area contributed by atoms with Gasteiger partial charge in [0.1, 0.15) is 0 Å². The zero-order valence-electron chi connectivity index (χ0n) is 16.2. The van der Waals surface area contributed by atoms with Gasteiger partial charge in [-0.1, -0.05) is 18.9 Å². The fourth-order valence-electron chi connectivity index (χ4n) is 4.79. The van der Waals surface area contributed by atoms with E-state index in [2.05, 4.69) is 6.92 Å². The van der Waals surface area contributed by atoms with Crippen LogP contribution >= 0.6 is 0 Å². The van der Waals surface area contributed by atoms with E-state index in [0.29, 0.717) is 11.4 Å². The van der Waals surface area contributed by atoms with Crippen LogP contribution in [0, 0.1) is 0 Å². The smallest absolute Gasteiger partial charge is 0.258 e. The maximum atomic E-state index is 13.4. The minimum absolute atomic E-state index is 0.000792. The van der Waals surface area contributed by atoms with Crippen LogP contribution in [0.15, 0.2) is 28.7 Å². The average Bonchev–Trinajstić information content (AvgIpc) is 3.29. The Morgan fingerprint density at radius 1 is 1.11 bits per heavy atom. The SMILES string of the molecule is CCC1CCCCN1S(=O)(=O)c1ccc2c(c1)C(=C1CCCC1)C(=O)N2C. The van der Waals surface area contributed by atoms with Crippen molar-refractivity contribution in [2.75, 3.05) is 18.5 Å². The molecule has 2 aliphatic heterocycles. The molecule has 5 nitrogen and oxygen atoms in total. The molecule has 0 spiro atoms. The van der Waals surface area contributed by atoms with Crippen LogP contribution in [0.2, 0.25) is 0 Å². The van der Waals surface area contributed by atoms with Crippen molar-refractivity contribution in [1.29, 1.82) is 0 Å². The maximum absolute atomic E-state index is 13.4. The number of sulfonamides is 1. The number of anilines is 1. The summed E-state index contributed by atoms with van der Waals surface area (Å²) in [6, 6.07) is 5.29. The third-order valence-corrected chi connectivity index (χ3v) is 8.28. The molecule has 27 heavy (non-hydrogen) atoms. The first-order valence-electron chi connectivity index (χ1n) is 10.1. The van der Waals surface area contributed by atoms with Gasteiger partial charge in [-0.2, -0.15) is 4.31 Å². The standard InChI is InChI=1S/C21H28N2O3S/c1-3-16-10-6-7-13-23(16)27(25,26)17-11-12-19-18(14-17)20(21(24)22(19)2)15-8-4-5-9-15/h11-12,14,16H,3-10,13H2,1-2H3. The molecule has 1 saturated carbocycles. The number of piperidine rings is 1. The molecule has 1 aliphatic carbocycles. The van der Waals surface area contributed by atoms with Gasteiger partial charge in [0, 0.05) is 30.8 Å². The van der Waals surface area contributed by atoms with E-state index in [1.165, 1.54) is 5.57 Å². The van der Waals surface area contributed by atoms with E-state index < -0.39 is 10.0 Å². The molecule has 1 aromatic rings. The van der Waals surface area contributed by atoms with Gasteiger partial charge in [-0.25, -0.2) is 8.42 Å². The summed E-state index contributed by atoms with van der Waals surface area (Å²) in [5.41, 5.74) is 3.54. The van der Waals surface area contributed by atoms with Crippen LogP contribution in [0.25, 0.3) is 5.57 Å². The van der Waals surface area contributed by atoms with Gasteiger partial charge >= 0.3 is 0 Å². The number of allylic oxidation sites excluding steroid dienone is 1. The van der Waals surface area contributed by atoms with E-state index in [4.69, 9.17) is 0 Å². The lowest BCUT2D eigenvalue weighted by Gasteiger charge is -2.34. The van der Waals surface area contributed by atoms with Crippen LogP contribution in [-0.2, 0) is 14.8 Å². The van der Waals surface area contributed by atoms with Crippen LogP contribution in [0.4, 0.5) is 5.69 Å². The van der Waals surface area contributed by atoms with Crippen molar-refractivity contribution in [2.24, 2.45) is 0 Å². The Morgan fingerprint density at radius 2 is 1.85 bits per heavy atom. The summed E-state index contributed by atoms with van der Waals surface area (Å²) in [5, 5.41) is 0. The average molecular weight is 389 g/mol. The highest BCUT2D eigenvalue weighted by atomic mass is 32.2. The van der Waals surface area contributed by atoms with Gasteiger partial charge < -0.3 is 4.90 Å². The van der Waals surface area contributed by atoms with Gasteiger partial charge in [-0.3, -0.25) is 4.79 Å². The topological polar surface area (TPSA) is 57.7 Å². The first-order valence-corrected chi connectivity index (χ1v) is 11.6. The predicted molar refractivity (Wildman–Crippen MR) is 107 cm³/mol. The highest BCUT2D eigenvalue weighted by Crippen LogP contribution is 2.43. The number of carbonyl (C=O) groups is 1. The molecular weight excluding hydrogens is 360 g/mol. The highest BCUT2D eigenvalue weighted by Gasteiger charge is 2.37. The monoisotopic (exact) mass is 388 g/mol. The number of carbonyl (C=O) groups excluding carboxylic acids is 1. The molecule has 4 rings (SSSR count). The van der Waals surface area contributed by atoms with Gasteiger partial charge in [0.25, 0.3) is 5.91 Å². The normalized spacial score (nSPS) is 24.0. The Labute approximate surface area is 162 Å². The second-order valence-electron chi connectivity index (χ2n) is 7.90. The highest BCUT2D eigenvalue weighted by molar-refractivity contribution is 7.89. The minimum Gasteiger partial charge on any atom is -0.311 e. The number of nitrogens with zero attached hydrogens (tertiary/aromatic N) is 2. The molecule has 1 atom stereocenters. The number of hydrogen-bond acceptors (Lipinski definition) is 3. The van der Waals surface area contributed by atoms with E-state index in [0.717, 1.165) is 68.2 Å². The van der Waals surface area contributed by atoms with Crippen molar-refractivity contribution in [2.45, 2.75) is 69.2 Å². The van der Waals surface area contributed by atoms with Crippen LogP contribution < -0.4 is 4.90 Å². The molecule has 3 aliphatic rings. The Balaban J connectivity index is 1.79. The molecule has 0 radical (unpaired) electrons. The Kier molecular flexibility index (Phi) is 4.89. The third kappa shape index (κ3) is 3.03. The molecule has 2 fully saturated rings. The van der Waals surface area contributed by atoms with E-state index in [1.807, 2.05) is 0 Å². The van der Waals surface area contributed by atoms with E-state index in [9.17, 15) is 13.2 Å². The van der Waals surface area contributed by atoms with Gasteiger partial charge in [-0.05, 0) is 63.1 Å². The van der Waals surface area contributed by atoms with Crippen LogP contribution in [0.3, 0.4) is 0 Å². The first-order chi connectivity index (χ1) is 12.9. The lowest BCUT2D eigenvalue weighted by Crippen LogP contribution is -2.43. The van der Waals surface area contributed by atoms with Gasteiger partial charge in [0.05, 0.1) is 10.6 Å². The van der Waals surface area contributed by atoms with Crippen molar-refractivity contribution in [3.05, 3.63) is 29.3 Å². The summed E-state index contributed by atoms with van der Waals surface area (Å²) in [6.45, 7) is 2.64. The first kappa shape index (κ1) is 18.7. The third-order valence-electron chi connectivity index (χ3n) is 6.33. The van der Waals surface area contributed by atoms with Crippen molar-refractivity contribution in [1.82, 2.24) is 4.31 Å². The second kappa shape index (κ2) is 7.06. The van der Waals surface area contributed by atoms with Crippen molar-refractivity contribution in [3.63, 3.8) is 0 Å². The van der Waals surface area contributed by atoms with E-state index >= 15 is 0 Å². The van der Waals surface area contributed by atoms with Crippen molar-refractivity contribution in [3.8, 4) is 0 Å². The second-order valence-corrected chi connectivity index (χ2v) is 9.79. The number of rotatable bonds is 3. The molecule has 1 amide bonds. The van der Waals surface area contributed by atoms with Gasteiger partial charge in [0.15, 0.2) is 0 Å². The Morgan fingerprint density at radius 3 is 2.56 bits per heavy atom. The van der Waals surface area contributed by atoms with Crippen LogP contribution in [-0.4, -0.2) is 38.3 Å². The molecule has 1 aromatic carbocycles. The summed E-state index contributed by atoms with van der Waals surface area (Å²) in [6.07, 6.45) is 7.86. The maximum Gasteiger partial charge on any atom is 0.258 e. The quantitative estimate of drug-likeness (QED) is 0.737. The molecule has 1 saturated heterocycles. The van der Waals surface area contributed by atoms with Crippen molar-refractivity contribution < 1.29 is 13.2 Å². The van der Waals surface area contributed by atoms with E-state index in [1.54, 1.807) is 34.5 Å². The fraction of sp³-hybridized carbons (Fsp3) is 0.571. The molecular formula is C21H28N2O3S. The summed E-state index contributed by atoms with van der Waals surface area (Å²) >= 11 is 0. The zero-order valence-corrected chi connectivity index (χ0v) is 17.0. The van der Waals surface area contributed by atoms with Gasteiger partial charge in [0.2, 0.25) is 10.0 Å². The van der Waals surface area contributed by atoms with Crippen LogP contribution in [0.1, 0.15) is 63.9 Å². The molecule has 0 N–H and O–H groups in total. The van der Waals surface area contributed by atoms with Crippen molar-refractivity contribution >= 4 is 27.2 Å². The lowest BCUT2D eigenvalue weighted by molar-refractivity contribution is -0.112. The number of hydrogen-bond donors (Lipinski definition) is 0. The molecule has 6 heteroatoms. The predicted octanol–water partition coefficient (Wildman–Crippen LogP) is 3.94. The molecule has 1 unspecified atom stereocenters. The van der Waals surface area contributed by atoms with Gasteiger partial charge in [-0.15, -0.1) is 0 Å². The Hall–Kier alpha value is -1.66. The van der Waals surface area contributed by atoms with E-state index in [-0.39, 0.29) is 11.9 Å². The number of benzene rings is 1. The lowest BCUT2D eigenvalue weighted by atomic mass is 10.00. The summed E-state index contributed by atoms with van der Waals surface area (Å²) in [4.78, 5) is 14.8. The zero-order chi connectivity index (χ0) is 19.2. The number of likely N-dealkylation sites (N-methyl/N-ethyl adjacent to an activating group) is 1. The molecule has 0 bridgehead atoms. The molecule has 2 heterocycles. The molecule has 0 aromatic heterocycles. The number of fused-ring (bicyclic) bond motifs is 1. The number of amides is 1. The fourth-order valence-corrected chi connectivity index (χ4v) is 6.58. The summed E-state index contributed by atoms with van der Waals surface area (Å²) in [7, 11) is -1.77. The summed E-state index contributed by atoms with van der Waals surface area (Å²) in [5.74, 6) is 0.000792. The Bertz CT molecular complexity index is 896. The van der Waals surface area contributed by atoms with Crippen LogP contribution in [0.5, 0.6) is 0 Å². The molecule has 146 valence electrons. The summed E-state index contributed by atoms with van der Waals surface area (Å²) < 4.78 is 28.4. The largest absolute Gasteiger partial charge is 0.311 e.